The molecule has 6 nitrogen and oxygen atoms in total. The predicted molar refractivity (Wildman–Crippen MR) is 79.0 cm³/mol. The maximum absolute atomic E-state index is 10.4. The van der Waals surface area contributed by atoms with Gasteiger partial charge in [0.1, 0.15) is 18.1 Å². The van der Waals surface area contributed by atoms with Crippen LogP contribution in [-0.4, -0.2) is 62.1 Å². The minimum absolute atomic E-state index is 0.481. The van der Waals surface area contributed by atoms with Gasteiger partial charge in [0.05, 0.1) is 25.4 Å². The Morgan fingerprint density at radius 1 is 1.33 bits per heavy atom. The highest BCUT2D eigenvalue weighted by Crippen LogP contribution is 2.10. The monoisotopic (exact) mass is 298 g/mol. The molecule has 1 aliphatic rings. The Morgan fingerprint density at radius 3 is 2.76 bits per heavy atom. The number of nitrogens with zero attached hydrogens (tertiary/aromatic N) is 1. The lowest BCUT2D eigenvalue weighted by Crippen LogP contribution is -2.50. The molecular weight excluding hydrogens is 272 g/mol. The summed E-state index contributed by atoms with van der Waals surface area (Å²) in [6.07, 6.45) is 0. The smallest absolute Gasteiger partial charge is 0.129 e. The molecule has 2 N–H and O–H groups in total. The third-order valence-electron chi connectivity index (χ3n) is 3.48. The average Bonchev–Trinajstić information content (AvgIpc) is 2.87. The molecule has 2 heterocycles. The number of aliphatic hydroxyl groups is 1. The minimum atomic E-state index is -0.765. The molecule has 0 spiro atoms. The summed E-state index contributed by atoms with van der Waals surface area (Å²) in [5.74, 6) is 1.67. The van der Waals surface area contributed by atoms with E-state index in [0.29, 0.717) is 26.2 Å². The molecule has 0 radical (unpaired) electrons. The standard InChI is InChI=1S/C15H26N2O4/c1-15(18,12-17-5-7-20-8-6-17)11-16-9-13-3-4-14(21-13)10-19-2/h3-4,16,18H,5-12H2,1-2H3. The van der Waals surface area contributed by atoms with Gasteiger partial charge in [0.2, 0.25) is 0 Å². The highest BCUT2D eigenvalue weighted by atomic mass is 16.5. The Bertz CT molecular complexity index is 414. The molecule has 120 valence electrons. The Hall–Kier alpha value is -0.920. The van der Waals surface area contributed by atoms with Crippen LogP contribution < -0.4 is 5.32 Å². The fourth-order valence-electron chi connectivity index (χ4n) is 2.49. The van der Waals surface area contributed by atoms with Gasteiger partial charge in [-0.2, -0.15) is 0 Å². The van der Waals surface area contributed by atoms with Gasteiger partial charge in [-0.1, -0.05) is 0 Å². The zero-order valence-electron chi connectivity index (χ0n) is 12.9. The fourth-order valence-corrected chi connectivity index (χ4v) is 2.49. The fraction of sp³-hybridized carbons (Fsp3) is 0.733. The van der Waals surface area contributed by atoms with Gasteiger partial charge in [-0.3, -0.25) is 4.90 Å². The lowest BCUT2D eigenvalue weighted by atomic mass is 10.1. The summed E-state index contributed by atoms with van der Waals surface area (Å²) in [5, 5.41) is 13.7. The molecule has 0 amide bonds. The number of morpholine rings is 1. The van der Waals surface area contributed by atoms with Gasteiger partial charge >= 0.3 is 0 Å². The van der Waals surface area contributed by atoms with Crippen LogP contribution >= 0.6 is 0 Å². The van der Waals surface area contributed by atoms with Gasteiger partial charge in [0.25, 0.3) is 0 Å². The minimum Gasteiger partial charge on any atom is -0.462 e. The van der Waals surface area contributed by atoms with Gasteiger partial charge in [0, 0.05) is 33.3 Å². The molecule has 1 aromatic rings. The molecule has 1 aliphatic heterocycles. The van der Waals surface area contributed by atoms with Gasteiger partial charge in [-0.25, -0.2) is 0 Å². The highest BCUT2D eigenvalue weighted by Gasteiger charge is 2.24. The Labute approximate surface area is 126 Å². The number of furan rings is 1. The normalized spacial score (nSPS) is 19.6. The molecule has 0 saturated carbocycles. The first-order valence-corrected chi connectivity index (χ1v) is 7.39. The van der Waals surface area contributed by atoms with Crippen LogP contribution in [0.15, 0.2) is 16.5 Å². The van der Waals surface area contributed by atoms with Crippen LogP contribution in [0.2, 0.25) is 0 Å². The van der Waals surface area contributed by atoms with Crippen molar-refractivity contribution < 1.29 is 19.0 Å². The second-order valence-electron chi connectivity index (χ2n) is 5.79. The Balaban J connectivity index is 1.70. The number of rotatable bonds is 8. The van der Waals surface area contributed by atoms with Crippen molar-refractivity contribution in [3.8, 4) is 0 Å². The molecule has 2 rings (SSSR count). The van der Waals surface area contributed by atoms with Crippen molar-refractivity contribution in [3.63, 3.8) is 0 Å². The lowest BCUT2D eigenvalue weighted by molar-refractivity contribution is -0.0220. The van der Waals surface area contributed by atoms with Crippen molar-refractivity contribution in [2.24, 2.45) is 0 Å². The first-order chi connectivity index (χ1) is 10.1. The van der Waals surface area contributed by atoms with Crippen molar-refractivity contribution in [1.29, 1.82) is 0 Å². The van der Waals surface area contributed by atoms with E-state index in [1.807, 2.05) is 19.1 Å². The van der Waals surface area contributed by atoms with E-state index in [0.717, 1.165) is 37.8 Å². The molecule has 1 aromatic heterocycles. The van der Waals surface area contributed by atoms with Gasteiger partial charge in [-0.15, -0.1) is 0 Å². The number of hydrogen-bond acceptors (Lipinski definition) is 6. The van der Waals surface area contributed by atoms with Gasteiger partial charge in [0.15, 0.2) is 0 Å². The summed E-state index contributed by atoms with van der Waals surface area (Å²) >= 11 is 0. The summed E-state index contributed by atoms with van der Waals surface area (Å²) in [6.45, 7) is 7.37. The molecule has 1 unspecified atom stereocenters. The maximum Gasteiger partial charge on any atom is 0.129 e. The van der Waals surface area contributed by atoms with E-state index in [1.165, 1.54) is 0 Å². The number of ether oxygens (including phenoxy) is 2. The molecule has 1 atom stereocenters. The zero-order valence-corrected chi connectivity index (χ0v) is 12.9. The SMILES string of the molecule is COCc1ccc(CNCC(C)(O)CN2CCOCC2)o1. The number of β-amino-alcohol motifs (C(OH)–C–C–N with tert-alkyl or cyclic N) is 1. The van der Waals surface area contributed by atoms with Crippen LogP contribution in [0.1, 0.15) is 18.4 Å². The second kappa shape index (κ2) is 7.91. The average molecular weight is 298 g/mol. The molecule has 0 aliphatic carbocycles. The first-order valence-electron chi connectivity index (χ1n) is 7.39. The summed E-state index contributed by atoms with van der Waals surface area (Å²) < 4.78 is 15.9. The molecular formula is C15H26N2O4. The Kier molecular flexibility index (Phi) is 6.20. The van der Waals surface area contributed by atoms with Gasteiger partial charge < -0.3 is 24.3 Å². The van der Waals surface area contributed by atoms with E-state index in [9.17, 15) is 5.11 Å². The van der Waals surface area contributed by atoms with E-state index < -0.39 is 5.60 Å². The lowest BCUT2D eigenvalue weighted by Gasteiger charge is -2.33. The van der Waals surface area contributed by atoms with Crippen LogP contribution in [-0.2, 0) is 22.6 Å². The van der Waals surface area contributed by atoms with Crippen molar-refractivity contribution in [2.45, 2.75) is 25.7 Å². The van der Waals surface area contributed by atoms with Crippen molar-refractivity contribution in [2.75, 3.05) is 46.5 Å². The van der Waals surface area contributed by atoms with E-state index in [1.54, 1.807) is 7.11 Å². The molecule has 6 heteroatoms. The third kappa shape index (κ3) is 5.76. The summed E-state index contributed by atoms with van der Waals surface area (Å²) in [4.78, 5) is 2.23. The van der Waals surface area contributed by atoms with E-state index in [-0.39, 0.29) is 0 Å². The second-order valence-corrected chi connectivity index (χ2v) is 5.79. The first kappa shape index (κ1) is 16.5. The van der Waals surface area contributed by atoms with Crippen LogP contribution in [0.3, 0.4) is 0 Å². The van der Waals surface area contributed by atoms with Crippen LogP contribution in [0.25, 0.3) is 0 Å². The number of hydrogen-bond donors (Lipinski definition) is 2. The zero-order chi connectivity index (χ0) is 15.1. The molecule has 21 heavy (non-hydrogen) atoms. The van der Waals surface area contributed by atoms with Crippen molar-refractivity contribution in [1.82, 2.24) is 10.2 Å². The van der Waals surface area contributed by atoms with Crippen molar-refractivity contribution >= 4 is 0 Å². The number of methoxy groups -OCH3 is 1. The van der Waals surface area contributed by atoms with Crippen molar-refractivity contribution in [3.05, 3.63) is 23.7 Å². The quantitative estimate of drug-likeness (QED) is 0.732. The molecule has 0 aromatic carbocycles. The Morgan fingerprint density at radius 2 is 2.05 bits per heavy atom. The van der Waals surface area contributed by atoms with Crippen LogP contribution in [0.4, 0.5) is 0 Å². The van der Waals surface area contributed by atoms with Crippen LogP contribution in [0, 0.1) is 0 Å². The van der Waals surface area contributed by atoms with E-state index in [2.05, 4.69) is 10.2 Å². The third-order valence-corrected chi connectivity index (χ3v) is 3.48. The summed E-state index contributed by atoms with van der Waals surface area (Å²) in [7, 11) is 1.64. The van der Waals surface area contributed by atoms with Gasteiger partial charge in [-0.05, 0) is 19.1 Å². The number of nitrogens with one attached hydrogen (secondary N) is 1. The summed E-state index contributed by atoms with van der Waals surface area (Å²) in [6, 6.07) is 3.84. The molecule has 1 fully saturated rings. The maximum atomic E-state index is 10.4. The molecule has 1 saturated heterocycles. The van der Waals surface area contributed by atoms with E-state index >= 15 is 0 Å². The van der Waals surface area contributed by atoms with E-state index in [4.69, 9.17) is 13.9 Å². The largest absolute Gasteiger partial charge is 0.462 e. The predicted octanol–water partition coefficient (Wildman–Crippen LogP) is 0.599. The topological polar surface area (TPSA) is 67.1 Å². The highest BCUT2D eigenvalue weighted by molar-refractivity contribution is 5.06. The summed E-state index contributed by atoms with van der Waals surface area (Å²) in [5.41, 5.74) is -0.765. The van der Waals surface area contributed by atoms with Crippen LogP contribution in [0.5, 0.6) is 0 Å². The molecule has 0 bridgehead atoms.